The van der Waals surface area contributed by atoms with Gasteiger partial charge in [-0.3, -0.25) is 14.8 Å². The Labute approximate surface area is 113 Å². The van der Waals surface area contributed by atoms with Crippen LogP contribution in [-0.4, -0.2) is 30.8 Å². The number of hydrogen-bond donors (Lipinski definition) is 2. The van der Waals surface area contributed by atoms with Gasteiger partial charge in [-0.1, -0.05) is 0 Å². The number of carboxylic acids is 1. The van der Waals surface area contributed by atoms with Crippen molar-refractivity contribution in [2.75, 3.05) is 5.32 Å². The highest BCUT2D eigenvalue weighted by molar-refractivity contribution is 5.86. The smallest absolute Gasteiger partial charge is 0.354 e. The van der Waals surface area contributed by atoms with E-state index in [4.69, 9.17) is 5.11 Å². The zero-order valence-electron chi connectivity index (χ0n) is 10.5. The normalized spacial score (nSPS) is 10.2. The highest BCUT2D eigenvalue weighted by atomic mass is 16.6. The lowest BCUT2D eigenvalue weighted by molar-refractivity contribution is -0.384. The van der Waals surface area contributed by atoms with E-state index in [0.29, 0.717) is 5.69 Å². The van der Waals surface area contributed by atoms with Crippen LogP contribution in [0.4, 0.5) is 11.5 Å². The number of nitro groups is 1. The topological polar surface area (TPSA) is 123 Å². The number of nitrogens with zero attached hydrogens (tertiary/aromatic N) is 4. The first-order chi connectivity index (χ1) is 9.47. The summed E-state index contributed by atoms with van der Waals surface area (Å²) in [6, 6.07) is 3.93. The van der Waals surface area contributed by atoms with E-state index in [9.17, 15) is 14.9 Å². The van der Waals surface area contributed by atoms with Gasteiger partial charge < -0.3 is 10.4 Å². The molecule has 104 valence electrons. The van der Waals surface area contributed by atoms with Crippen LogP contribution in [0.5, 0.6) is 0 Å². The number of aromatic nitrogens is 3. The predicted molar refractivity (Wildman–Crippen MR) is 68.4 cm³/mol. The molecule has 20 heavy (non-hydrogen) atoms. The first-order valence-electron chi connectivity index (χ1n) is 5.58. The molecule has 0 radical (unpaired) electrons. The molecule has 0 fully saturated rings. The van der Waals surface area contributed by atoms with Crippen LogP contribution in [0.3, 0.4) is 0 Å². The first-order valence-corrected chi connectivity index (χ1v) is 5.58. The Morgan fingerprint density at radius 1 is 1.50 bits per heavy atom. The average Bonchev–Trinajstić information content (AvgIpc) is 2.81. The Kier molecular flexibility index (Phi) is 3.60. The number of nitrogens with one attached hydrogen (secondary N) is 1. The Morgan fingerprint density at radius 3 is 2.80 bits per heavy atom. The second-order valence-electron chi connectivity index (χ2n) is 3.96. The molecule has 0 aliphatic carbocycles. The number of carboxylic acid groups (broad SMARTS) is 1. The van der Waals surface area contributed by atoms with Gasteiger partial charge in [0.25, 0.3) is 0 Å². The van der Waals surface area contributed by atoms with Gasteiger partial charge in [-0.2, -0.15) is 5.10 Å². The molecule has 0 aliphatic heterocycles. The largest absolute Gasteiger partial charge is 0.477 e. The average molecular weight is 277 g/mol. The van der Waals surface area contributed by atoms with Crippen molar-refractivity contribution in [3.63, 3.8) is 0 Å². The molecule has 9 heteroatoms. The van der Waals surface area contributed by atoms with E-state index in [2.05, 4.69) is 15.4 Å². The summed E-state index contributed by atoms with van der Waals surface area (Å²) in [5, 5.41) is 26.6. The summed E-state index contributed by atoms with van der Waals surface area (Å²) in [6.45, 7) is 0.206. The summed E-state index contributed by atoms with van der Waals surface area (Å²) in [5.41, 5.74) is 0.106. The van der Waals surface area contributed by atoms with Crippen molar-refractivity contribution in [3.8, 4) is 0 Å². The third-order valence-electron chi connectivity index (χ3n) is 2.50. The number of aryl methyl sites for hydroxylation is 1. The van der Waals surface area contributed by atoms with Gasteiger partial charge >= 0.3 is 11.7 Å². The Bertz CT molecular complexity index is 667. The molecule has 0 amide bonds. The van der Waals surface area contributed by atoms with Crippen LogP contribution >= 0.6 is 0 Å². The molecule has 0 aliphatic rings. The number of anilines is 1. The molecule has 0 bridgehead atoms. The van der Waals surface area contributed by atoms with E-state index in [1.807, 2.05) is 0 Å². The zero-order chi connectivity index (χ0) is 14.7. The maximum atomic E-state index is 10.9. The van der Waals surface area contributed by atoms with E-state index < -0.39 is 10.9 Å². The number of hydrogen-bond acceptors (Lipinski definition) is 6. The third-order valence-corrected chi connectivity index (χ3v) is 2.50. The zero-order valence-corrected chi connectivity index (χ0v) is 10.5. The summed E-state index contributed by atoms with van der Waals surface area (Å²) in [7, 11) is 1.75. The van der Waals surface area contributed by atoms with Crippen molar-refractivity contribution in [1.82, 2.24) is 14.8 Å². The number of carbonyl (C=O) groups is 1. The molecule has 0 atom stereocenters. The van der Waals surface area contributed by atoms with Gasteiger partial charge in [-0.25, -0.2) is 9.78 Å². The minimum atomic E-state index is -1.25. The fourth-order valence-electron chi connectivity index (χ4n) is 1.58. The second kappa shape index (κ2) is 5.34. The van der Waals surface area contributed by atoms with Crippen molar-refractivity contribution < 1.29 is 14.8 Å². The maximum Gasteiger partial charge on any atom is 0.354 e. The Balaban J connectivity index is 2.25. The lowest BCUT2D eigenvalue weighted by atomic mass is 10.3. The fourth-order valence-corrected chi connectivity index (χ4v) is 1.58. The summed E-state index contributed by atoms with van der Waals surface area (Å²) < 4.78 is 1.59. The van der Waals surface area contributed by atoms with E-state index >= 15 is 0 Å². The summed E-state index contributed by atoms with van der Waals surface area (Å²) in [6.07, 6.45) is 1.73. The summed E-state index contributed by atoms with van der Waals surface area (Å²) >= 11 is 0. The lowest BCUT2D eigenvalue weighted by Crippen LogP contribution is -2.09. The molecule has 2 N–H and O–H groups in total. The van der Waals surface area contributed by atoms with Gasteiger partial charge in [-0.15, -0.1) is 0 Å². The number of aromatic carboxylic acids is 1. The van der Waals surface area contributed by atoms with Crippen molar-refractivity contribution in [3.05, 3.63) is 45.9 Å². The van der Waals surface area contributed by atoms with Crippen LogP contribution in [-0.2, 0) is 13.6 Å². The van der Waals surface area contributed by atoms with Gasteiger partial charge in [0.2, 0.25) is 5.82 Å². The second-order valence-corrected chi connectivity index (χ2v) is 3.96. The molecule has 0 saturated heterocycles. The third kappa shape index (κ3) is 2.88. The highest BCUT2D eigenvalue weighted by Crippen LogP contribution is 2.22. The molecule has 0 aromatic carbocycles. The molecule has 0 unspecified atom stereocenters. The minimum Gasteiger partial charge on any atom is -0.477 e. The highest BCUT2D eigenvalue weighted by Gasteiger charge is 2.18. The molecule has 0 saturated carbocycles. The molecule has 2 aromatic rings. The molecule has 0 spiro atoms. The SMILES string of the molecule is Cn1ccc(CNc2nc(C(=O)O)ccc2[N+](=O)[O-])n1. The van der Waals surface area contributed by atoms with Gasteiger partial charge in [0, 0.05) is 19.3 Å². The van der Waals surface area contributed by atoms with Crippen molar-refractivity contribution >= 4 is 17.5 Å². The molecule has 2 aromatic heterocycles. The summed E-state index contributed by atoms with van der Waals surface area (Å²) in [4.78, 5) is 24.8. The van der Waals surface area contributed by atoms with E-state index in [0.717, 1.165) is 12.1 Å². The van der Waals surface area contributed by atoms with Crippen LogP contribution in [0.1, 0.15) is 16.2 Å². The van der Waals surface area contributed by atoms with Crippen molar-refractivity contribution in [2.24, 2.45) is 7.05 Å². The van der Waals surface area contributed by atoms with E-state index in [1.54, 1.807) is 24.0 Å². The predicted octanol–water partition coefficient (Wildman–Crippen LogP) is 1.03. The van der Waals surface area contributed by atoms with Gasteiger partial charge in [0.1, 0.15) is 0 Å². The molecular weight excluding hydrogens is 266 g/mol. The van der Waals surface area contributed by atoms with Crippen molar-refractivity contribution in [2.45, 2.75) is 6.54 Å². The van der Waals surface area contributed by atoms with Gasteiger partial charge in [0.15, 0.2) is 5.69 Å². The Morgan fingerprint density at radius 2 is 2.25 bits per heavy atom. The number of rotatable bonds is 5. The summed E-state index contributed by atoms with van der Waals surface area (Å²) in [5.74, 6) is -1.35. The molecular formula is C11H11N5O4. The molecule has 2 rings (SSSR count). The quantitative estimate of drug-likeness (QED) is 0.618. The first kappa shape index (κ1) is 13.5. The maximum absolute atomic E-state index is 10.9. The molecule has 9 nitrogen and oxygen atoms in total. The molecule has 2 heterocycles. The van der Waals surface area contributed by atoms with Gasteiger partial charge in [0.05, 0.1) is 17.2 Å². The van der Waals surface area contributed by atoms with Crippen LogP contribution in [0.2, 0.25) is 0 Å². The van der Waals surface area contributed by atoms with Crippen molar-refractivity contribution in [1.29, 1.82) is 0 Å². The van der Waals surface area contributed by atoms with Gasteiger partial charge in [-0.05, 0) is 12.1 Å². The van der Waals surface area contributed by atoms with E-state index in [1.165, 1.54) is 0 Å². The van der Waals surface area contributed by atoms with Crippen LogP contribution in [0.25, 0.3) is 0 Å². The Hall–Kier alpha value is -2.97. The monoisotopic (exact) mass is 277 g/mol. The minimum absolute atomic E-state index is 0.0967. The number of pyridine rings is 1. The van der Waals surface area contributed by atoms with Crippen LogP contribution in [0, 0.1) is 10.1 Å². The standard InChI is InChI=1S/C11H11N5O4/c1-15-5-4-7(14-15)6-12-10-9(16(19)20)3-2-8(13-10)11(17)18/h2-5H,6H2,1H3,(H,12,13)(H,17,18). The van der Waals surface area contributed by atoms with Crippen LogP contribution in [0.15, 0.2) is 24.4 Å². The van der Waals surface area contributed by atoms with E-state index in [-0.39, 0.29) is 23.7 Å². The lowest BCUT2D eigenvalue weighted by Gasteiger charge is -2.05. The fraction of sp³-hybridized carbons (Fsp3) is 0.182. The van der Waals surface area contributed by atoms with Crippen LogP contribution < -0.4 is 5.32 Å².